The van der Waals surface area contributed by atoms with Gasteiger partial charge in [0.25, 0.3) is 0 Å². The molecular formula is C13H15ClO2S. The maximum atomic E-state index is 11.1. The number of esters is 1. The van der Waals surface area contributed by atoms with Crippen LogP contribution in [0.15, 0.2) is 42.5 Å². The monoisotopic (exact) mass is 270 g/mol. The molecule has 0 aliphatic rings. The van der Waals surface area contributed by atoms with Crippen LogP contribution in [0.25, 0.3) is 0 Å². The zero-order valence-electron chi connectivity index (χ0n) is 9.69. The number of carbonyl (C=O) groups excluding carboxylic acids is 1. The van der Waals surface area contributed by atoms with Crippen LogP contribution in [0.2, 0.25) is 0 Å². The van der Waals surface area contributed by atoms with E-state index in [2.05, 4.69) is 6.58 Å². The number of halogens is 1. The van der Waals surface area contributed by atoms with Gasteiger partial charge in [-0.05, 0) is 12.5 Å². The zero-order chi connectivity index (χ0) is 12.7. The Balaban J connectivity index is 2.24. The summed E-state index contributed by atoms with van der Waals surface area (Å²) in [6.07, 6.45) is 0. The molecule has 0 heterocycles. The van der Waals surface area contributed by atoms with E-state index in [9.17, 15) is 4.79 Å². The van der Waals surface area contributed by atoms with Crippen molar-refractivity contribution < 1.29 is 9.53 Å². The van der Waals surface area contributed by atoms with Crippen LogP contribution in [0, 0.1) is 0 Å². The van der Waals surface area contributed by atoms with Crippen LogP contribution in [0.4, 0.5) is 0 Å². The summed E-state index contributed by atoms with van der Waals surface area (Å²) in [4.78, 5) is 11.1. The molecule has 0 bridgehead atoms. The van der Waals surface area contributed by atoms with Gasteiger partial charge in [-0.1, -0.05) is 36.9 Å². The van der Waals surface area contributed by atoms with Gasteiger partial charge in [-0.25, -0.2) is 4.79 Å². The van der Waals surface area contributed by atoms with Crippen molar-refractivity contribution in [3.8, 4) is 0 Å². The standard InChI is InChI=1S/C13H15ClO2S/c1-10(2)13(15)16-8-12(14)17-9-11-6-4-3-5-7-11/h3-7,12H,1,8-9H2,2H3. The molecule has 1 atom stereocenters. The molecular weight excluding hydrogens is 256 g/mol. The fourth-order valence-corrected chi connectivity index (χ4v) is 2.06. The summed E-state index contributed by atoms with van der Waals surface area (Å²) in [7, 11) is 0. The normalized spacial score (nSPS) is 11.9. The van der Waals surface area contributed by atoms with Crippen molar-refractivity contribution in [3.63, 3.8) is 0 Å². The molecule has 0 fully saturated rings. The minimum Gasteiger partial charge on any atom is -0.460 e. The highest BCUT2D eigenvalue weighted by Crippen LogP contribution is 2.21. The second-order valence-corrected chi connectivity index (χ2v) is 5.56. The summed E-state index contributed by atoms with van der Waals surface area (Å²) in [5.41, 5.74) is 1.59. The van der Waals surface area contributed by atoms with E-state index in [1.54, 1.807) is 18.7 Å². The van der Waals surface area contributed by atoms with Gasteiger partial charge in [0.1, 0.15) is 11.3 Å². The molecule has 0 radical (unpaired) electrons. The summed E-state index contributed by atoms with van der Waals surface area (Å²) in [5, 5.41) is 0. The molecule has 0 aliphatic carbocycles. The molecule has 4 heteroatoms. The van der Waals surface area contributed by atoms with E-state index in [0.29, 0.717) is 5.57 Å². The quantitative estimate of drug-likeness (QED) is 0.449. The van der Waals surface area contributed by atoms with Crippen LogP contribution in [0.3, 0.4) is 0 Å². The lowest BCUT2D eigenvalue weighted by Crippen LogP contribution is -2.12. The van der Waals surface area contributed by atoms with Gasteiger partial charge >= 0.3 is 5.97 Å². The van der Waals surface area contributed by atoms with E-state index in [1.807, 2.05) is 30.3 Å². The number of hydrogen-bond donors (Lipinski definition) is 0. The van der Waals surface area contributed by atoms with Crippen molar-refractivity contribution in [2.24, 2.45) is 0 Å². The van der Waals surface area contributed by atoms with Gasteiger partial charge in [0.05, 0.1) is 0 Å². The largest absolute Gasteiger partial charge is 0.460 e. The summed E-state index contributed by atoms with van der Waals surface area (Å²) in [6.45, 7) is 5.32. The third kappa shape index (κ3) is 5.80. The van der Waals surface area contributed by atoms with Gasteiger partial charge in [0, 0.05) is 11.3 Å². The number of benzene rings is 1. The predicted molar refractivity (Wildman–Crippen MR) is 73.2 cm³/mol. The van der Waals surface area contributed by atoms with E-state index < -0.39 is 5.97 Å². The number of carbonyl (C=O) groups is 1. The van der Waals surface area contributed by atoms with E-state index in [1.165, 1.54) is 5.56 Å². The van der Waals surface area contributed by atoms with Crippen molar-refractivity contribution in [2.45, 2.75) is 17.4 Å². The Kier molecular flexibility index (Phi) is 6.16. The molecule has 0 N–H and O–H groups in total. The highest BCUT2D eigenvalue weighted by Gasteiger charge is 2.09. The molecule has 0 aromatic heterocycles. The number of thioether (sulfide) groups is 1. The van der Waals surface area contributed by atoms with Crippen LogP contribution in [0.5, 0.6) is 0 Å². The van der Waals surface area contributed by atoms with Gasteiger partial charge in [-0.15, -0.1) is 23.4 Å². The second kappa shape index (κ2) is 7.41. The minimum absolute atomic E-state index is 0.199. The second-order valence-electron chi connectivity index (χ2n) is 3.59. The third-order valence-corrected chi connectivity index (χ3v) is 3.47. The number of rotatable bonds is 6. The van der Waals surface area contributed by atoms with Crippen LogP contribution < -0.4 is 0 Å². The first-order chi connectivity index (χ1) is 8.09. The molecule has 92 valence electrons. The first-order valence-corrected chi connectivity index (χ1v) is 6.70. The average molecular weight is 271 g/mol. The Hall–Kier alpha value is -0.930. The molecule has 1 rings (SSSR count). The SMILES string of the molecule is C=C(C)C(=O)OCC(Cl)SCc1ccccc1. The lowest BCUT2D eigenvalue weighted by Gasteiger charge is -2.10. The highest BCUT2D eigenvalue weighted by molar-refractivity contribution is 8.00. The molecule has 1 aromatic carbocycles. The number of alkyl halides is 1. The lowest BCUT2D eigenvalue weighted by molar-refractivity contribution is -0.138. The minimum atomic E-state index is -0.393. The maximum absolute atomic E-state index is 11.1. The van der Waals surface area contributed by atoms with Gasteiger partial charge in [-0.3, -0.25) is 0 Å². The molecule has 0 amide bonds. The summed E-state index contributed by atoms with van der Waals surface area (Å²) in [5.74, 6) is 0.413. The molecule has 1 aromatic rings. The van der Waals surface area contributed by atoms with Gasteiger partial charge < -0.3 is 4.74 Å². The first kappa shape index (κ1) is 14.1. The fraction of sp³-hybridized carbons (Fsp3) is 0.308. The Morgan fingerprint density at radius 3 is 2.71 bits per heavy atom. The molecule has 1 unspecified atom stereocenters. The Morgan fingerprint density at radius 1 is 1.47 bits per heavy atom. The first-order valence-electron chi connectivity index (χ1n) is 5.22. The van der Waals surface area contributed by atoms with Crippen LogP contribution in [-0.2, 0) is 15.3 Å². The number of hydrogen-bond acceptors (Lipinski definition) is 3. The molecule has 2 nitrogen and oxygen atoms in total. The topological polar surface area (TPSA) is 26.3 Å². The van der Waals surface area contributed by atoms with Crippen molar-refractivity contribution in [2.75, 3.05) is 6.61 Å². The molecule has 17 heavy (non-hydrogen) atoms. The van der Waals surface area contributed by atoms with Crippen LogP contribution >= 0.6 is 23.4 Å². The Morgan fingerprint density at radius 2 is 2.12 bits per heavy atom. The van der Waals surface area contributed by atoms with Crippen molar-refractivity contribution in [1.29, 1.82) is 0 Å². The summed E-state index contributed by atoms with van der Waals surface area (Å²) < 4.78 is 4.72. The third-order valence-electron chi connectivity index (χ3n) is 1.97. The van der Waals surface area contributed by atoms with E-state index >= 15 is 0 Å². The number of ether oxygens (including phenoxy) is 1. The van der Waals surface area contributed by atoms with E-state index in [-0.39, 0.29) is 11.3 Å². The van der Waals surface area contributed by atoms with E-state index in [0.717, 1.165) is 5.75 Å². The lowest BCUT2D eigenvalue weighted by atomic mass is 10.2. The van der Waals surface area contributed by atoms with Gasteiger partial charge in [0.2, 0.25) is 0 Å². The smallest absolute Gasteiger partial charge is 0.333 e. The van der Waals surface area contributed by atoms with Crippen molar-refractivity contribution in [1.82, 2.24) is 0 Å². The summed E-state index contributed by atoms with van der Waals surface area (Å²) in [6, 6.07) is 10.0. The average Bonchev–Trinajstić information content (AvgIpc) is 2.34. The molecule has 0 spiro atoms. The Labute approximate surface area is 111 Å². The molecule has 0 saturated heterocycles. The predicted octanol–water partition coefficient (Wildman–Crippen LogP) is 3.60. The maximum Gasteiger partial charge on any atom is 0.333 e. The fourth-order valence-electron chi connectivity index (χ4n) is 1.07. The van der Waals surface area contributed by atoms with Crippen molar-refractivity contribution in [3.05, 3.63) is 48.0 Å². The summed E-state index contributed by atoms with van der Waals surface area (Å²) >= 11 is 7.58. The van der Waals surface area contributed by atoms with Gasteiger partial charge in [0.15, 0.2) is 0 Å². The van der Waals surface area contributed by atoms with Crippen LogP contribution in [-0.4, -0.2) is 17.3 Å². The zero-order valence-corrected chi connectivity index (χ0v) is 11.3. The van der Waals surface area contributed by atoms with E-state index in [4.69, 9.17) is 16.3 Å². The molecule has 0 saturated carbocycles. The Bertz CT molecular complexity index is 378. The molecule has 0 aliphatic heterocycles. The van der Waals surface area contributed by atoms with Crippen molar-refractivity contribution >= 4 is 29.3 Å². The highest BCUT2D eigenvalue weighted by atomic mass is 35.5. The van der Waals surface area contributed by atoms with Crippen LogP contribution in [0.1, 0.15) is 12.5 Å². The van der Waals surface area contributed by atoms with Gasteiger partial charge in [-0.2, -0.15) is 0 Å².